The zero-order valence-corrected chi connectivity index (χ0v) is 8.66. The number of aromatic hydroxyl groups is 1. The van der Waals surface area contributed by atoms with E-state index in [-0.39, 0.29) is 5.75 Å². The maximum atomic E-state index is 9.39. The lowest BCUT2D eigenvalue weighted by molar-refractivity contribution is 0.474. The van der Waals surface area contributed by atoms with E-state index >= 15 is 0 Å². The smallest absolute Gasteiger partial charge is 0.124 e. The molecule has 3 nitrogen and oxygen atoms in total. The van der Waals surface area contributed by atoms with Gasteiger partial charge in [-0.2, -0.15) is 0 Å². The fourth-order valence-electron chi connectivity index (χ4n) is 0.866. The molecule has 0 radical (unpaired) electrons. The summed E-state index contributed by atoms with van der Waals surface area (Å²) in [6.45, 7) is 1.09. The third kappa shape index (κ3) is 3.16. The van der Waals surface area contributed by atoms with Crippen LogP contribution in [0, 0.1) is 0 Å². The first-order valence-electron chi connectivity index (χ1n) is 3.92. The van der Waals surface area contributed by atoms with Gasteiger partial charge in [0, 0.05) is 22.8 Å². The van der Waals surface area contributed by atoms with E-state index in [2.05, 4.69) is 20.9 Å². The van der Waals surface area contributed by atoms with Gasteiger partial charge in [-0.05, 0) is 18.2 Å². The first kappa shape index (κ1) is 10.2. The molecule has 1 rings (SSSR count). The van der Waals surface area contributed by atoms with Gasteiger partial charge in [0.1, 0.15) is 5.75 Å². The second-order valence-corrected chi connectivity index (χ2v) is 3.44. The molecule has 0 aliphatic rings. The highest BCUT2D eigenvalue weighted by Gasteiger charge is 1.97. The van der Waals surface area contributed by atoms with E-state index < -0.39 is 0 Å². The molecule has 0 spiro atoms. The summed E-state index contributed by atoms with van der Waals surface area (Å²) in [6.07, 6.45) is 1.62. The SMILES string of the molecule is NCCN=Cc1cc(Br)ccc1O. The number of benzene rings is 1. The van der Waals surface area contributed by atoms with Gasteiger partial charge in [-0.3, -0.25) is 4.99 Å². The van der Waals surface area contributed by atoms with Gasteiger partial charge in [0.25, 0.3) is 0 Å². The van der Waals surface area contributed by atoms with Crippen LogP contribution in [-0.2, 0) is 0 Å². The Balaban J connectivity index is 2.81. The molecular formula is C9H11BrN2O. The lowest BCUT2D eigenvalue weighted by Crippen LogP contribution is -2.02. The normalized spacial score (nSPS) is 10.9. The van der Waals surface area contributed by atoms with Gasteiger partial charge in [-0.15, -0.1) is 0 Å². The Bertz CT molecular complexity index is 312. The molecule has 0 fully saturated rings. The van der Waals surface area contributed by atoms with Gasteiger partial charge in [-0.25, -0.2) is 0 Å². The first-order chi connectivity index (χ1) is 6.24. The summed E-state index contributed by atoms with van der Waals surface area (Å²) in [5.41, 5.74) is 5.97. The van der Waals surface area contributed by atoms with E-state index in [4.69, 9.17) is 5.73 Å². The summed E-state index contributed by atoms with van der Waals surface area (Å²) in [7, 11) is 0. The van der Waals surface area contributed by atoms with E-state index in [0.29, 0.717) is 18.7 Å². The zero-order chi connectivity index (χ0) is 9.68. The standard InChI is InChI=1S/C9H11BrN2O/c10-8-1-2-9(13)7(5-8)6-12-4-3-11/h1-2,5-6,13H,3-4,11H2. The van der Waals surface area contributed by atoms with Crippen LogP contribution in [0.4, 0.5) is 0 Å². The van der Waals surface area contributed by atoms with Gasteiger partial charge in [-0.1, -0.05) is 15.9 Å². The fourth-order valence-corrected chi connectivity index (χ4v) is 1.25. The maximum absolute atomic E-state index is 9.39. The summed E-state index contributed by atoms with van der Waals surface area (Å²) in [5.74, 6) is 0.226. The van der Waals surface area contributed by atoms with Crippen molar-refractivity contribution in [1.82, 2.24) is 0 Å². The van der Waals surface area contributed by atoms with Gasteiger partial charge in [0.05, 0.1) is 6.54 Å². The number of nitrogens with two attached hydrogens (primary N) is 1. The van der Waals surface area contributed by atoms with Crippen LogP contribution in [0.3, 0.4) is 0 Å². The summed E-state index contributed by atoms with van der Waals surface area (Å²) in [6, 6.07) is 5.19. The molecule has 70 valence electrons. The van der Waals surface area contributed by atoms with Crippen LogP contribution in [0.5, 0.6) is 5.75 Å². The predicted octanol–water partition coefficient (Wildman–Crippen LogP) is 1.53. The van der Waals surface area contributed by atoms with Crippen molar-refractivity contribution in [3.8, 4) is 5.75 Å². The average molecular weight is 243 g/mol. The van der Waals surface area contributed by atoms with E-state index in [1.54, 1.807) is 24.4 Å². The first-order valence-corrected chi connectivity index (χ1v) is 4.71. The topological polar surface area (TPSA) is 58.6 Å². The molecule has 4 heteroatoms. The van der Waals surface area contributed by atoms with Crippen LogP contribution in [0.25, 0.3) is 0 Å². The summed E-state index contributed by atoms with van der Waals surface area (Å²) in [5, 5.41) is 9.39. The highest BCUT2D eigenvalue weighted by Crippen LogP contribution is 2.19. The Kier molecular flexibility index (Phi) is 3.92. The molecular weight excluding hydrogens is 232 g/mol. The number of rotatable bonds is 3. The molecule has 0 amide bonds. The van der Waals surface area contributed by atoms with Crippen LogP contribution in [0.1, 0.15) is 5.56 Å². The molecule has 0 aliphatic heterocycles. The van der Waals surface area contributed by atoms with Gasteiger partial charge in [0.2, 0.25) is 0 Å². The second-order valence-electron chi connectivity index (χ2n) is 2.53. The Labute approximate surface area is 85.4 Å². The maximum Gasteiger partial charge on any atom is 0.124 e. The highest BCUT2D eigenvalue weighted by atomic mass is 79.9. The van der Waals surface area contributed by atoms with Crippen molar-refractivity contribution >= 4 is 22.1 Å². The van der Waals surface area contributed by atoms with Crippen molar-refractivity contribution in [2.75, 3.05) is 13.1 Å². The third-order valence-corrected chi connectivity index (χ3v) is 1.97. The largest absolute Gasteiger partial charge is 0.507 e. The fraction of sp³-hybridized carbons (Fsp3) is 0.222. The molecule has 1 aromatic rings. The molecule has 0 atom stereocenters. The van der Waals surface area contributed by atoms with Crippen LogP contribution < -0.4 is 5.73 Å². The minimum absolute atomic E-state index is 0.226. The van der Waals surface area contributed by atoms with Gasteiger partial charge < -0.3 is 10.8 Å². The average Bonchev–Trinajstić information content (AvgIpc) is 2.11. The summed E-state index contributed by atoms with van der Waals surface area (Å²) >= 11 is 3.31. The molecule has 0 saturated carbocycles. The van der Waals surface area contributed by atoms with E-state index in [0.717, 1.165) is 4.47 Å². The quantitative estimate of drug-likeness (QED) is 0.791. The molecule has 0 aliphatic carbocycles. The summed E-state index contributed by atoms with van der Waals surface area (Å²) < 4.78 is 0.916. The Morgan fingerprint density at radius 1 is 1.54 bits per heavy atom. The molecule has 3 N–H and O–H groups in total. The summed E-state index contributed by atoms with van der Waals surface area (Å²) in [4.78, 5) is 4.03. The number of hydrogen-bond acceptors (Lipinski definition) is 3. The lowest BCUT2D eigenvalue weighted by Gasteiger charge is -1.98. The Hall–Kier alpha value is -0.870. The Morgan fingerprint density at radius 2 is 2.31 bits per heavy atom. The van der Waals surface area contributed by atoms with E-state index in [9.17, 15) is 5.11 Å². The van der Waals surface area contributed by atoms with Crippen molar-refractivity contribution in [3.63, 3.8) is 0 Å². The van der Waals surface area contributed by atoms with Crippen molar-refractivity contribution in [1.29, 1.82) is 0 Å². The molecule has 0 bridgehead atoms. The highest BCUT2D eigenvalue weighted by molar-refractivity contribution is 9.10. The van der Waals surface area contributed by atoms with Gasteiger partial charge >= 0.3 is 0 Å². The minimum Gasteiger partial charge on any atom is -0.507 e. The molecule has 0 unspecified atom stereocenters. The molecule has 1 aromatic carbocycles. The second kappa shape index (κ2) is 4.99. The predicted molar refractivity (Wildman–Crippen MR) is 57.3 cm³/mol. The monoisotopic (exact) mass is 242 g/mol. The number of phenols is 1. The third-order valence-electron chi connectivity index (χ3n) is 1.48. The van der Waals surface area contributed by atoms with Crippen molar-refractivity contribution in [2.24, 2.45) is 10.7 Å². The lowest BCUT2D eigenvalue weighted by atomic mass is 10.2. The van der Waals surface area contributed by atoms with Gasteiger partial charge in [0.15, 0.2) is 0 Å². The van der Waals surface area contributed by atoms with Crippen LogP contribution in [0.15, 0.2) is 27.7 Å². The van der Waals surface area contributed by atoms with Crippen molar-refractivity contribution in [2.45, 2.75) is 0 Å². The molecule has 13 heavy (non-hydrogen) atoms. The van der Waals surface area contributed by atoms with Crippen LogP contribution >= 0.6 is 15.9 Å². The molecule has 0 saturated heterocycles. The number of nitrogens with zero attached hydrogens (tertiary/aromatic N) is 1. The van der Waals surface area contributed by atoms with Crippen LogP contribution in [0.2, 0.25) is 0 Å². The Morgan fingerprint density at radius 3 is 3.00 bits per heavy atom. The van der Waals surface area contributed by atoms with Crippen molar-refractivity contribution in [3.05, 3.63) is 28.2 Å². The number of halogens is 1. The number of phenolic OH excluding ortho intramolecular Hbond substituents is 1. The number of aliphatic imine (C=N–C) groups is 1. The van der Waals surface area contributed by atoms with E-state index in [1.807, 2.05) is 0 Å². The van der Waals surface area contributed by atoms with Crippen LogP contribution in [-0.4, -0.2) is 24.4 Å². The van der Waals surface area contributed by atoms with E-state index in [1.165, 1.54) is 0 Å². The zero-order valence-electron chi connectivity index (χ0n) is 7.07. The minimum atomic E-state index is 0.226. The molecule has 0 aromatic heterocycles. The van der Waals surface area contributed by atoms with Crippen molar-refractivity contribution < 1.29 is 5.11 Å². The number of hydrogen-bond donors (Lipinski definition) is 2. The molecule has 0 heterocycles.